The summed E-state index contributed by atoms with van der Waals surface area (Å²) in [5.74, 6) is 0.689. The molecular formula is C23H21ClN2O5S. The van der Waals surface area contributed by atoms with Gasteiger partial charge in [0.25, 0.3) is 15.9 Å². The summed E-state index contributed by atoms with van der Waals surface area (Å²) in [7, 11) is -2.56. The Hall–Kier alpha value is -3.23. The van der Waals surface area contributed by atoms with Gasteiger partial charge < -0.3 is 14.8 Å². The van der Waals surface area contributed by atoms with E-state index in [1.54, 1.807) is 18.2 Å². The van der Waals surface area contributed by atoms with Crippen molar-refractivity contribution in [1.29, 1.82) is 0 Å². The first kappa shape index (κ1) is 22.0. The minimum Gasteiger partial charge on any atom is -0.495 e. The Labute approximate surface area is 191 Å². The number of hydrogen-bond acceptors (Lipinski definition) is 5. The van der Waals surface area contributed by atoms with Gasteiger partial charge >= 0.3 is 0 Å². The smallest absolute Gasteiger partial charge is 0.262 e. The Kier molecular flexibility index (Phi) is 6.25. The van der Waals surface area contributed by atoms with Crippen molar-refractivity contribution in [3.8, 4) is 11.5 Å². The van der Waals surface area contributed by atoms with Crippen molar-refractivity contribution < 1.29 is 22.7 Å². The second-order valence-electron chi connectivity index (χ2n) is 7.18. The molecule has 0 aliphatic carbocycles. The van der Waals surface area contributed by atoms with Crippen LogP contribution in [-0.2, 0) is 10.0 Å². The van der Waals surface area contributed by atoms with Gasteiger partial charge in [0.05, 0.1) is 30.3 Å². The third kappa shape index (κ3) is 4.66. The first-order valence-electron chi connectivity index (χ1n) is 9.86. The van der Waals surface area contributed by atoms with Crippen LogP contribution in [0.5, 0.6) is 11.5 Å². The summed E-state index contributed by atoms with van der Waals surface area (Å²) in [4.78, 5) is 12.8. The average Bonchev–Trinajstić information content (AvgIpc) is 2.79. The lowest BCUT2D eigenvalue weighted by atomic mass is 10.00. The van der Waals surface area contributed by atoms with Gasteiger partial charge in [-0.25, -0.2) is 8.42 Å². The highest BCUT2D eigenvalue weighted by atomic mass is 35.5. The van der Waals surface area contributed by atoms with Crippen LogP contribution in [0.2, 0.25) is 5.02 Å². The van der Waals surface area contributed by atoms with Gasteiger partial charge in [-0.3, -0.25) is 9.52 Å². The number of halogens is 1. The molecule has 7 nitrogen and oxygen atoms in total. The number of ether oxygens (including phenoxy) is 2. The number of carbonyl (C=O) groups is 1. The molecule has 32 heavy (non-hydrogen) atoms. The second-order valence-corrected chi connectivity index (χ2v) is 9.30. The van der Waals surface area contributed by atoms with E-state index in [0.717, 1.165) is 11.3 Å². The number of fused-ring (bicyclic) bond motifs is 1. The van der Waals surface area contributed by atoms with Crippen LogP contribution in [0.4, 0.5) is 5.69 Å². The van der Waals surface area contributed by atoms with Crippen LogP contribution in [0.25, 0.3) is 0 Å². The molecule has 1 aliphatic heterocycles. The zero-order chi connectivity index (χ0) is 22.7. The molecular weight excluding hydrogens is 452 g/mol. The van der Waals surface area contributed by atoms with Gasteiger partial charge in [-0.2, -0.15) is 0 Å². The third-order valence-corrected chi connectivity index (χ3v) is 6.67. The van der Waals surface area contributed by atoms with Crippen LogP contribution >= 0.6 is 11.6 Å². The fraction of sp³-hybridized carbons (Fsp3) is 0.174. The monoisotopic (exact) mass is 472 g/mol. The molecule has 0 fully saturated rings. The maximum Gasteiger partial charge on any atom is 0.262 e. The van der Waals surface area contributed by atoms with E-state index in [0.29, 0.717) is 23.8 Å². The fourth-order valence-corrected chi connectivity index (χ4v) is 4.78. The maximum absolute atomic E-state index is 13.0. The van der Waals surface area contributed by atoms with E-state index >= 15 is 0 Å². The maximum atomic E-state index is 13.0. The summed E-state index contributed by atoms with van der Waals surface area (Å²) in [5.41, 5.74) is 1.33. The summed E-state index contributed by atoms with van der Waals surface area (Å²) in [6.45, 7) is 0.488. The highest BCUT2D eigenvalue weighted by Crippen LogP contribution is 2.32. The topological polar surface area (TPSA) is 93.7 Å². The molecule has 1 unspecified atom stereocenters. The molecule has 0 aromatic heterocycles. The highest BCUT2D eigenvalue weighted by molar-refractivity contribution is 7.92. The van der Waals surface area contributed by atoms with Crippen molar-refractivity contribution in [3.63, 3.8) is 0 Å². The molecule has 0 radical (unpaired) electrons. The van der Waals surface area contributed by atoms with Crippen molar-refractivity contribution in [2.45, 2.75) is 17.4 Å². The first-order chi connectivity index (χ1) is 15.4. The van der Waals surface area contributed by atoms with Gasteiger partial charge in [-0.1, -0.05) is 35.9 Å². The Morgan fingerprint density at radius 3 is 2.72 bits per heavy atom. The number of rotatable bonds is 6. The van der Waals surface area contributed by atoms with Crippen LogP contribution in [0.3, 0.4) is 0 Å². The van der Waals surface area contributed by atoms with Crippen LogP contribution in [0.15, 0.2) is 71.6 Å². The Bertz CT molecular complexity index is 1260. The standard InChI is InChI=1S/C23H21ClN2O5S/c1-30-22-10-9-16(24)14-20(22)26-32(28,29)17-6-4-5-15(13-17)23(27)25-19-11-12-31-21-8-3-2-7-18(19)21/h2-10,13-14,19,26H,11-12H2,1H3,(H,25,27). The van der Waals surface area contributed by atoms with E-state index in [9.17, 15) is 13.2 Å². The number of para-hydroxylation sites is 1. The summed E-state index contributed by atoms with van der Waals surface area (Å²) >= 11 is 5.99. The number of methoxy groups -OCH3 is 1. The van der Waals surface area contributed by atoms with Crippen LogP contribution in [0, 0.1) is 0 Å². The third-order valence-electron chi connectivity index (χ3n) is 5.08. The van der Waals surface area contributed by atoms with Crippen molar-refractivity contribution in [2.75, 3.05) is 18.4 Å². The summed E-state index contributed by atoms with van der Waals surface area (Å²) in [6, 6.07) is 17.8. The van der Waals surface area contributed by atoms with E-state index in [1.165, 1.54) is 31.4 Å². The molecule has 1 heterocycles. The highest BCUT2D eigenvalue weighted by Gasteiger charge is 2.24. The Morgan fingerprint density at radius 1 is 1.09 bits per heavy atom. The molecule has 1 amide bonds. The Balaban J connectivity index is 1.56. The normalized spacial score (nSPS) is 15.2. The van der Waals surface area contributed by atoms with Crippen molar-refractivity contribution >= 4 is 33.2 Å². The zero-order valence-electron chi connectivity index (χ0n) is 17.2. The van der Waals surface area contributed by atoms with Gasteiger partial charge in [0.1, 0.15) is 11.5 Å². The van der Waals surface area contributed by atoms with Crippen LogP contribution in [0.1, 0.15) is 28.4 Å². The zero-order valence-corrected chi connectivity index (χ0v) is 18.7. The molecule has 2 N–H and O–H groups in total. The molecule has 0 saturated carbocycles. The van der Waals surface area contributed by atoms with E-state index in [1.807, 2.05) is 24.3 Å². The van der Waals surface area contributed by atoms with Crippen LogP contribution < -0.4 is 19.5 Å². The van der Waals surface area contributed by atoms with Gasteiger partial charge in [-0.15, -0.1) is 0 Å². The largest absolute Gasteiger partial charge is 0.495 e. The number of amides is 1. The molecule has 0 spiro atoms. The van der Waals surface area contributed by atoms with Gasteiger partial charge in [0.2, 0.25) is 0 Å². The lowest BCUT2D eigenvalue weighted by Crippen LogP contribution is -2.32. The quantitative estimate of drug-likeness (QED) is 0.554. The first-order valence-corrected chi connectivity index (χ1v) is 11.7. The molecule has 3 aromatic carbocycles. The molecule has 3 aromatic rings. The summed E-state index contributed by atoms with van der Waals surface area (Å²) in [6.07, 6.45) is 0.622. The number of benzene rings is 3. The molecule has 1 aliphatic rings. The number of nitrogens with one attached hydrogen (secondary N) is 2. The number of anilines is 1. The van der Waals surface area contributed by atoms with Crippen molar-refractivity contribution in [1.82, 2.24) is 5.32 Å². The summed E-state index contributed by atoms with van der Waals surface area (Å²) in [5, 5.41) is 3.33. The SMILES string of the molecule is COc1ccc(Cl)cc1NS(=O)(=O)c1cccc(C(=O)NC2CCOc3ccccc32)c1. The fourth-order valence-electron chi connectivity index (χ4n) is 3.50. The lowest BCUT2D eigenvalue weighted by molar-refractivity contribution is 0.0924. The molecule has 166 valence electrons. The summed E-state index contributed by atoms with van der Waals surface area (Å²) < 4.78 is 39.2. The van der Waals surface area contributed by atoms with Gasteiger partial charge in [-0.05, 0) is 42.5 Å². The van der Waals surface area contributed by atoms with E-state index < -0.39 is 10.0 Å². The number of sulfonamides is 1. The van der Waals surface area contributed by atoms with Crippen LogP contribution in [-0.4, -0.2) is 28.0 Å². The molecule has 0 saturated heterocycles. The number of carbonyl (C=O) groups excluding carboxylic acids is 1. The minimum atomic E-state index is -3.99. The molecule has 1 atom stereocenters. The van der Waals surface area contributed by atoms with E-state index in [4.69, 9.17) is 21.1 Å². The predicted molar refractivity (Wildman–Crippen MR) is 122 cm³/mol. The van der Waals surface area contributed by atoms with E-state index in [-0.39, 0.29) is 28.1 Å². The molecule has 0 bridgehead atoms. The molecule has 4 rings (SSSR count). The number of hydrogen-bond donors (Lipinski definition) is 2. The molecule has 9 heteroatoms. The Morgan fingerprint density at radius 2 is 1.91 bits per heavy atom. The van der Waals surface area contributed by atoms with Gasteiger partial charge in [0, 0.05) is 22.6 Å². The van der Waals surface area contributed by atoms with Crippen molar-refractivity contribution in [2.24, 2.45) is 0 Å². The average molecular weight is 473 g/mol. The second kappa shape index (κ2) is 9.10. The van der Waals surface area contributed by atoms with E-state index in [2.05, 4.69) is 10.0 Å². The van der Waals surface area contributed by atoms with Gasteiger partial charge in [0.15, 0.2) is 0 Å². The lowest BCUT2D eigenvalue weighted by Gasteiger charge is -2.26. The minimum absolute atomic E-state index is 0.0560. The predicted octanol–water partition coefficient (Wildman–Crippen LogP) is 4.40. The van der Waals surface area contributed by atoms with Crippen molar-refractivity contribution in [3.05, 3.63) is 82.9 Å².